The van der Waals surface area contributed by atoms with Gasteiger partial charge in [-0.15, -0.1) is 11.8 Å². The average molecular weight is 351 g/mol. The quantitative estimate of drug-likeness (QED) is 0.769. The van der Waals surface area contributed by atoms with Crippen LogP contribution < -0.4 is 4.74 Å². The Hall–Kier alpha value is -1.31. The van der Waals surface area contributed by atoms with Crippen LogP contribution in [0.15, 0.2) is 18.3 Å². The van der Waals surface area contributed by atoms with E-state index in [4.69, 9.17) is 9.47 Å². The number of aromatic nitrogens is 1. The van der Waals surface area contributed by atoms with E-state index in [9.17, 15) is 4.79 Å². The summed E-state index contributed by atoms with van der Waals surface area (Å²) in [5.41, 5.74) is 1.13. The predicted molar refractivity (Wildman–Crippen MR) is 94.3 cm³/mol. The van der Waals surface area contributed by atoms with Crippen LogP contribution in [0.25, 0.3) is 0 Å². The van der Waals surface area contributed by atoms with Crippen molar-refractivity contribution in [1.82, 2.24) is 14.8 Å². The summed E-state index contributed by atoms with van der Waals surface area (Å²) in [6.45, 7) is 3.16. The highest BCUT2D eigenvalue weighted by atomic mass is 32.2. The number of hydrogen-bond acceptors (Lipinski definition) is 6. The molecule has 2 aliphatic heterocycles. The maximum Gasteiger partial charge on any atom is 0.248 e. The number of likely N-dealkylation sites (tertiary alicyclic amines) is 1. The van der Waals surface area contributed by atoms with Gasteiger partial charge in [0.2, 0.25) is 11.8 Å². The van der Waals surface area contributed by atoms with Gasteiger partial charge in [-0.2, -0.15) is 0 Å². The van der Waals surface area contributed by atoms with E-state index in [1.807, 2.05) is 17.8 Å². The Morgan fingerprint density at radius 1 is 1.50 bits per heavy atom. The Bertz CT molecular complexity index is 590. The minimum absolute atomic E-state index is 0.0276. The van der Waals surface area contributed by atoms with Crippen LogP contribution in [0.1, 0.15) is 12.0 Å². The van der Waals surface area contributed by atoms with Gasteiger partial charge in [-0.05, 0) is 12.5 Å². The topological polar surface area (TPSA) is 54.9 Å². The van der Waals surface area contributed by atoms with Crippen molar-refractivity contribution in [2.45, 2.75) is 23.8 Å². The van der Waals surface area contributed by atoms with Gasteiger partial charge < -0.3 is 14.4 Å². The second kappa shape index (κ2) is 7.29. The molecule has 0 bridgehead atoms. The lowest BCUT2D eigenvalue weighted by atomic mass is 9.92. The molecule has 1 spiro atoms. The number of carbonyl (C=O) groups is 1. The first-order valence-corrected chi connectivity index (χ1v) is 9.16. The molecular weight excluding hydrogens is 326 g/mol. The van der Waals surface area contributed by atoms with Crippen LogP contribution in [0.4, 0.5) is 0 Å². The highest BCUT2D eigenvalue weighted by Crippen LogP contribution is 2.46. The molecule has 2 fully saturated rings. The second-order valence-corrected chi connectivity index (χ2v) is 8.22. The molecule has 24 heavy (non-hydrogen) atoms. The summed E-state index contributed by atoms with van der Waals surface area (Å²) in [7, 11) is 5.17. The van der Waals surface area contributed by atoms with Crippen molar-refractivity contribution in [1.29, 1.82) is 0 Å². The zero-order valence-corrected chi connectivity index (χ0v) is 15.3. The summed E-state index contributed by atoms with van der Waals surface area (Å²) in [6.07, 6.45) is 2.97. The van der Waals surface area contributed by atoms with Gasteiger partial charge >= 0.3 is 0 Å². The summed E-state index contributed by atoms with van der Waals surface area (Å²) in [6, 6.07) is 4.01. The minimum Gasteiger partial charge on any atom is -0.481 e. The predicted octanol–water partition coefficient (Wildman–Crippen LogP) is 1.25. The van der Waals surface area contributed by atoms with E-state index in [0.717, 1.165) is 37.4 Å². The largest absolute Gasteiger partial charge is 0.481 e. The Labute approximate surface area is 147 Å². The maximum absolute atomic E-state index is 11.6. The molecule has 0 aliphatic carbocycles. The van der Waals surface area contributed by atoms with Crippen molar-refractivity contribution in [3.05, 3.63) is 23.9 Å². The zero-order valence-electron chi connectivity index (χ0n) is 14.5. The van der Waals surface area contributed by atoms with Gasteiger partial charge in [-0.3, -0.25) is 9.69 Å². The van der Waals surface area contributed by atoms with E-state index >= 15 is 0 Å². The summed E-state index contributed by atoms with van der Waals surface area (Å²) in [5.74, 6) is 1.71. The molecule has 2 saturated heterocycles. The van der Waals surface area contributed by atoms with Crippen LogP contribution >= 0.6 is 11.8 Å². The van der Waals surface area contributed by atoms with Gasteiger partial charge in [0, 0.05) is 56.0 Å². The fourth-order valence-electron chi connectivity index (χ4n) is 3.30. The third-order valence-corrected chi connectivity index (χ3v) is 6.15. The van der Waals surface area contributed by atoms with Gasteiger partial charge in [0.1, 0.15) is 6.61 Å². The van der Waals surface area contributed by atoms with E-state index in [-0.39, 0.29) is 18.6 Å². The summed E-state index contributed by atoms with van der Waals surface area (Å²) in [4.78, 5) is 19.9. The third-order valence-electron chi connectivity index (χ3n) is 4.58. The van der Waals surface area contributed by atoms with Crippen molar-refractivity contribution in [3.8, 4) is 5.88 Å². The van der Waals surface area contributed by atoms with Gasteiger partial charge in [0.25, 0.3) is 0 Å². The highest BCUT2D eigenvalue weighted by Gasteiger charge is 2.49. The molecule has 0 aromatic carbocycles. The summed E-state index contributed by atoms with van der Waals surface area (Å²) >= 11 is 1.99. The maximum atomic E-state index is 11.6. The minimum atomic E-state index is 0.0276. The average Bonchev–Trinajstić information content (AvgIpc) is 2.97. The first kappa shape index (κ1) is 17.5. The third kappa shape index (κ3) is 3.84. The van der Waals surface area contributed by atoms with Gasteiger partial charge in [-0.1, -0.05) is 6.07 Å². The molecule has 1 unspecified atom stereocenters. The molecule has 0 N–H and O–H groups in total. The zero-order chi connectivity index (χ0) is 17.2. The molecule has 1 amide bonds. The number of nitrogens with zero attached hydrogens (tertiary/aromatic N) is 3. The van der Waals surface area contributed by atoms with E-state index in [1.54, 1.807) is 32.3 Å². The van der Waals surface area contributed by atoms with Crippen LogP contribution in [-0.4, -0.2) is 78.2 Å². The number of methoxy groups -OCH3 is 1. The lowest BCUT2D eigenvalue weighted by Crippen LogP contribution is -2.58. The number of pyridine rings is 1. The number of likely N-dealkylation sites (N-methyl/N-ethyl adjacent to an activating group) is 1. The molecule has 7 heteroatoms. The van der Waals surface area contributed by atoms with Crippen molar-refractivity contribution in [2.75, 3.05) is 46.7 Å². The first-order chi connectivity index (χ1) is 11.5. The lowest BCUT2D eigenvalue weighted by Gasteiger charge is -2.47. The number of carbonyl (C=O) groups excluding carboxylic acids is 1. The van der Waals surface area contributed by atoms with Crippen molar-refractivity contribution in [2.24, 2.45) is 0 Å². The SMILES string of the molecule is COc1ncccc1CN1CC2(CC(OCC(=O)N(C)C)CS2)C1. The van der Waals surface area contributed by atoms with Crippen molar-refractivity contribution >= 4 is 17.7 Å². The van der Waals surface area contributed by atoms with Crippen molar-refractivity contribution in [3.63, 3.8) is 0 Å². The molecule has 1 aromatic rings. The molecule has 2 aliphatic rings. The van der Waals surface area contributed by atoms with Crippen LogP contribution in [0.3, 0.4) is 0 Å². The fourth-order valence-corrected chi connectivity index (χ4v) is 4.90. The standard InChI is InChI=1S/C17H25N3O3S/c1-19(2)15(21)9-23-14-7-17(24-10-14)11-20(12-17)8-13-5-4-6-18-16(13)22-3/h4-6,14H,7-12H2,1-3H3. The van der Waals surface area contributed by atoms with Crippen LogP contribution in [0.5, 0.6) is 5.88 Å². The number of amides is 1. The smallest absolute Gasteiger partial charge is 0.248 e. The number of hydrogen-bond donors (Lipinski definition) is 0. The summed E-state index contributed by atoms with van der Waals surface area (Å²) in [5, 5.41) is 0. The first-order valence-electron chi connectivity index (χ1n) is 8.17. The molecule has 1 atom stereocenters. The van der Waals surface area contributed by atoms with Crippen LogP contribution in [-0.2, 0) is 16.1 Å². The number of rotatable bonds is 6. The van der Waals surface area contributed by atoms with E-state index in [1.165, 1.54) is 0 Å². The molecule has 6 nitrogen and oxygen atoms in total. The van der Waals surface area contributed by atoms with Gasteiger partial charge in [0.15, 0.2) is 0 Å². The van der Waals surface area contributed by atoms with E-state index in [2.05, 4.69) is 16.0 Å². The molecule has 132 valence electrons. The fraction of sp³-hybridized carbons (Fsp3) is 0.647. The van der Waals surface area contributed by atoms with Crippen LogP contribution in [0, 0.1) is 0 Å². The highest BCUT2D eigenvalue weighted by molar-refractivity contribution is 8.01. The molecule has 0 saturated carbocycles. The van der Waals surface area contributed by atoms with E-state index < -0.39 is 0 Å². The van der Waals surface area contributed by atoms with Gasteiger partial charge in [0.05, 0.1) is 13.2 Å². The lowest BCUT2D eigenvalue weighted by molar-refractivity contribution is -0.135. The molecular formula is C17H25N3O3S. The Balaban J connectivity index is 1.45. The Morgan fingerprint density at radius 2 is 2.29 bits per heavy atom. The Kier molecular flexibility index (Phi) is 5.32. The molecule has 1 aromatic heterocycles. The van der Waals surface area contributed by atoms with E-state index in [0.29, 0.717) is 10.6 Å². The molecule has 3 rings (SSSR count). The van der Waals surface area contributed by atoms with Crippen LogP contribution in [0.2, 0.25) is 0 Å². The van der Waals surface area contributed by atoms with Crippen molar-refractivity contribution < 1.29 is 14.3 Å². The summed E-state index contributed by atoms with van der Waals surface area (Å²) < 4.78 is 11.4. The normalized spacial score (nSPS) is 22.4. The Morgan fingerprint density at radius 3 is 3.00 bits per heavy atom. The van der Waals surface area contributed by atoms with Gasteiger partial charge in [-0.25, -0.2) is 4.98 Å². The molecule has 0 radical (unpaired) electrons. The molecule has 3 heterocycles. The second-order valence-electron chi connectivity index (χ2n) is 6.74. The number of thioether (sulfide) groups is 1. The number of ether oxygens (including phenoxy) is 2. The monoisotopic (exact) mass is 351 g/mol.